The first-order valence-corrected chi connectivity index (χ1v) is 7.54. The fraction of sp³-hybridized carbons (Fsp3) is 0.111. The zero-order valence-electron chi connectivity index (χ0n) is 13.4. The number of hydrogen-bond donors (Lipinski definition) is 1. The summed E-state index contributed by atoms with van der Waals surface area (Å²) in [6, 6.07) is 12.9. The third-order valence-corrected chi connectivity index (χ3v) is 3.25. The van der Waals surface area contributed by atoms with E-state index >= 15 is 0 Å². The van der Waals surface area contributed by atoms with Gasteiger partial charge in [0.15, 0.2) is 6.61 Å². The Balaban J connectivity index is 1.52. The Kier molecular flexibility index (Phi) is 4.84. The first-order chi connectivity index (χ1) is 12.1. The van der Waals surface area contributed by atoms with Crippen LogP contribution in [0.3, 0.4) is 0 Å². The standard InChI is InChI=1S/C18H15N3O4/c1-12-10-17(25-21-12)20-16(22)11-24-18(23)9-8-14-7-6-13-4-2-3-5-15(13)19-14/h2-10H,11H2,1H3,(H,20,22)/b9-8+. The molecule has 2 heterocycles. The molecule has 3 rings (SSSR count). The van der Waals surface area contributed by atoms with E-state index in [9.17, 15) is 9.59 Å². The molecule has 3 aromatic rings. The number of nitrogens with zero attached hydrogens (tertiary/aromatic N) is 2. The molecule has 0 saturated heterocycles. The van der Waals surface area contributed by atoms with E-state index in [4.69, 9.17) is 9.26 Å². The van der Waals surface area contributed by atoms with E-state index in [-0.39, 0.29) is 5.88 Å². The molecule has 0 aliphatic carbocycles. The van der Waals surface area contributed by atoms with Crippen LogP contribution in [0.2, 0.25) is 0 Å². The van der Waals surface area contributed by atoms with Gasteiger partial charge in [0.1, 0.15) is 0 Å². The maximum Gasteiger partial charge on any atom is 0.331 e. The van der Waals surface area contributed by atoms with Crippen LogP contribution in [0.25, 0.3) is 17.0 Å². The van der Waals surface area contributed by atoms with Crippen molar-refractivity contribution in [2.45, 2.75) is 6.92 Å². The van der Waals surface area contributed by atoms with Crippen LogP contribution >= 0.6 is 0 Å². The van der Waals surface area contributed by atoms with Crippen LogP contribution in [0.1, 0.15) is 11.4 Å². The minimum atomic E-state index is -0.640. The topological polar surface area (TPSA) is 94.3 Å². The minimum absolute atomic E-state index is 0.203. The Labute approximate surface area is 143 Å². The van der Waals surface area contributed by atoms with Crippen molar-refractivity contribution >= 4 is 34.7 Å². The van der Waals surface area contributed by atoms with Crippen molar-refractivity contribution in [2.24, 2.45) is 0 Å². The first-order valence-electron chi connectivity index (χ1n) is 7.54. The highest BCUT2D eigenvalue weighted by atomic mass is 16.5. The highest BCUT2D eigenvalue weighted by Crippen LogP contribution is 2.12. The van der Waals surface area contributed by atoms with Gasteiger partial charge in [-0.1, -0.05) is 29.4 Å². The number of ether oxygens (including phenoxy) is 1. The fourth-order valence-corrected chi connectivity index (χ4v) is 2.11. The molecule has 0 saturated carbocycles. The molecule has 1 N–H and O–H groups in total. The second-order valence-corrected chi connectivity index (χ2v) is 5.25. The van der Waals surface area contributed by atoms with E-state index < -0.39 is 18.5 Å². The lowest BCUT2D eigenvalue weighted by molar-refractivity contribution is -0.142. The number of anilines is 1. The van der Waals surface area contributed by atoms with Gasteiger partial charge in [-0.15, -0.1) is 0 Å². The van der Waals surface area contributed by atoms with Crippen LogP contribution in [-0.2, 0) is 14.3 Å². The summed E-state index contributed by atoms with van der Waals surface area (Å²) in [4.78, 5) is 27.7. The van der Waals surface area contributed by atoms with E-state index in [1.807, 2.05) is 30.3 Å². The summed E-state index contributed by atoms with van der Waals surface area (Å²) in [5.74, 6) is -0.949. The number of para-hydroxylation sites is 1. The molecule has 0 aliphatic rings. The van der Waals surface area contributed by atoms with Crippen LogP contribution in [0.4, 0.5) is 5.88 Å². The SMILES string of the molecule is Cc1cc(NC(=O)COC(=O)/C=C/c2ccc3ccccc3n2)on1. The van der Waals surface area contributed by atoms with Gasteiger partial charge in [0.25, 0.3) is 5.91 Å². The molecule has 7 heteroatoms. The molecular formula is C18H15N3O4. The Morgan fingerprint density at radius 2 is 2.08 bits per heavy atom. The molecule has 0 fully saturated rings. The number of carbonyl (C=O) groups excluding carboxylic acids is 2. The molecule has 1 amide bonds. The van der Waals surface area contributed by atoms with Gasteiger partial charge in [-0.3, -0.25) is 10.1 Å². The molecule has 0 aliphatic heterocycles. The number of pyridine rings is 1. The average molecular weight is 337 g/mol. The highest BCUT2D eigenvalue weighted by Gasteiger charge is 2.08. The number of rotatable bonds is 5. The number of aryl methyl sites for hydroxylation is 1. The van der Waals surface area contributed by atoms with Gasteiger partial charge in [-0.25, -0.2) is 9.78 Å². The number of benzene rings is 1. The summed E-state index contributed by atoms with van der Waals surface area (Å²) in [6.45, 7) is 1.30. The van der Waals surface area contributed by atoms with E-state index in [1.165, 1.54) is 12.2 Å². The quantitative estimate of drug-likeness (QED) is 0.568. The van der Waals surface area contributed by atoms with E-state index in [2.05, 4.69) is 15.5 Å². The lowest BCUT2D eigenvalue weighted by Gasteiger charge is -2.02. The number of fused-ring (bicyclic) bond motifs is 1. The summed E-state index contributed by atoms with van der Waals surface area (Å²) >= 11 is 0. The smallest absolute Gasteiger partial charge is 0.331 e. The lowest BCUT2D eigenvalue weighted by Crippen LogP contribution is -2.19. The summed E-state index contributed by atoms with van der Waals surface area (Å²) in [7, 11) is 0. The van der Waals surface area contributed by atoms with Crippen LogP contribution in [0, 0.1) is 6.92 Å². The van der Waals surface area contributed by atoms with Crippen molar-refractivity contribution in [1.82, 2.24) is 10.1 Å². The number of aromatic nitrogens is 2. The van der Waals surface area contributed by atoms with Crippen molar-refractivity contribution in [3.05, 3.63) is 59.9 Å². The summed E-state index contributed by atoms with van der Waals surface area (Å²) in [5.41, 5.74) is 2.09. The number of carbonyl (C=O) groups is 2. The molecule has 1 aromatic carbocycles. The normalized spacial score (nSPS) is 10.9. The van der Waals surface area contributed by atoms with Crippen molar-refractivity contribution in [2.75, 3.05) is 11.9 Å². The molecule has 126 valence electrons. The average Bonchev–Trinajstić information content (AvgIpc) is 3.02. The zero-order chi connectivity index (χ0) is 17.6. The molecule has 0 spiro atoms. The predicted molar refractivity (Wildman–Crippen MR) is 91.6 cm³/mol. The third kappa shape index (κ3) is 4.51. The molecule has 25 heavy (non-hydrogen) atoms. The van der Waals surface area contributed by atoms with Gasteiger partial charge in [0.2, 0.25) is 5.88 Å². The molecule has 0 bridgehead atoms. The van der Waals surface area contributed by atoms with Crippen LogP contribution < -0.4 is 5.32 Å². The van der Waals surface area contributed by atoms with Gasteiger partial charge < -0.3 is 9.26 Å². The van der Waals surface area contributed by atoms with Gasteiger partial charge >= 0.3 is 5.97 Å². The maximum atomic E-state index is 11.7. The molecular weight excluding hydrogens is 322 g/mol. The highest BCUT2D eigenvalue weighted by molar-refractivity contribution is 5.93. The Bertz CT molecular complexity index is 946. The maximum absolute atomic E-state index is 11.7. The molecule has 7 nitrogen and oxygen atoms in total. The van der Waals surface area contributed by atoms with Gasteiger partial charge in [-0.2, -0.15) is 0 Å². The van der Waals surface area contributed by atoms with Crippen molar-refractivity contribution in [1.29, 1.82) is 0 Å². The first kappa shape index (κ1) is 16.4. The van der Waals surface area contributed by atoms with Crippen LogP contribution in [0.15, 0.2) is 53.1 Å². The molecule has 2 aromatic heterocycles. The number of esters is 1. The van der Waals surface area contributed by atoms with Gasteiger partial charge in [-0.05, 0) is 25.1 Å². The second-order valence-electron chi connectivity index (χ2n) is 5.25. The summed E-state index contributed by atoms with van der Waals surface area (Å²) < 4.78 is 9.70. The predicted octanol–water partition coefficient (Wildman–Crippen LogP) is 2.73. The lowest BCUT2D eigenvalue weighted by atomic mass is 10.2. The third-order valence-electron chi connectivity index (χ3n) is 3.25. The van der Waals surface area contributed by atoms with E-state index in [0.717, 1.165) is 10.9 Å². The van der Waals surface area contributed by atoms with Gasteiger partial charge in [0.05, 0.1) is 16.9 Å². The zero-order valence-corrected chi connectivity index (χ0v) is 13.4. The summed E-state index contributed by atoms with van der Waals surface area (Å²) in [5, 5.41) is 7.08. The van der Waals surface area contributed by atoms with Crippen molar-refractivity contribution < 1.29 is 18.8 Å². The minimum Gasteiger partial charge on any atom is -0.452 e. The van der Waals surface area contributed by atoms with Crippen molar-refractivity contribution in [3.63, 3.8) is 0 Å². The Morgan fingerprint density at radius 3 is 2.88 bits per heavy atom. The molecule has 0 radical (unpaired) electrons. The number of hydrogen-bond acceptors (Lipinski definition) is 6. The van der Waals surface area contributed by atoms with E-state index in [1.54, 1.807) is 19.1 Å². The van der Waals surface area contributed by atoms with Crippen LogP contribution in [0.5, 0.6) is 0 Å². The van der Waals surface area contributed by atoms with Crippen LogP contribution in [-0.4, -0.2) is 28.6 Å². The van der Waals surface area contributed by atoms with Gasteiger partial charge in [0, 0.05) is 17.5 Å². The number of nitrogens with one attached hydrogen (secondary N) is 1. The molecule has 0 atom stereocenters. The Hall–Kier alpha value is -3.48. The Morgan fingerprint density at radius 1 is 1.24 bits per heavy atom. The second kappa shape index (κ2) is 7.39. The molecule has 0 unspecified atom stereocenters. The largest absolute Gasteiger partial charge is 0.452 e. The summed E-state index contributed by atoms with van der Waals surface area (Å²) in [6.07, 6.45) is 2.76. The van der Waals surface area contributed by atoms with E-state index in [0.29, 0.717) is 11.4 Å². The fourth-order valence-electron chi connectivity index (χ4n) is 2.11. The van der Waals surface area contributed by atoms with Crippen molar-refractivity contribution in [3.8, 4) is 0 Å². The monoisotopic (exact) mass is 337 g/mol. The number of amides is 1.